The predicted octanol–water partition coefficient (Wildman–Crippen LogP) is 0.526. The number of nitrogens with zero attached hydrogens (tertiary/aromatic N) is 1. The minimum atomic E-state index is -0.402. The van der Waals surface area contributed by atoms with Gasteiger partial charge >= 0.3 is 0 Å². The van der Waals surface area contributed by atoms with Crippen LogP contribution in [0.15, 0.2) is 28.8 Å². The molecule has 0 aliphatic rings. The van der Waals surface area contributed by atoms with Crippen molar-refractivity contribution in [3.8, 4) is 5.88 Å². The summed E-state index contributed by atoms with van der Waals surface area (Å²) in [6.45, 7) is 0.100. The van der Waals surface area contributed by atoms with Crippen LogP contribution < -0.4 is 10.5 Å². The highest BCUT2D eigenvalue weighted by molar-refractivity contribution is 5.81. The average Bonchev–Trinajstić information content (AvgIpc) is 2.69. The number of rotatable bonds is 4. The second-order valence-corrected chi connectivity index (χ2v) is 3.24. The number of aliphatic hydroxyl groups is 1. The van der Waals surface area contributed by atoms with Gasteiger partial charge in [-0.25, -0.2) is 0 Å². The molecule has 0 fully saturated rings. The van der Waals surface area contributed by atoms with E-state index < -0.39 is 6.04 Å². The van der Waals surface area contributed by atoms with Gasteiger partial charge in [0.25, 0.3) is 5.88 Å². The maximum absolute atomic E-state index is 8.73. The molecule has 80 valence electrons. The van der Waals surface area contributed by atoms with Gasteiger partial charge in [-0.15, -0.1) is 0 Å². The summed E-state index contributed by atoms with van der Waals surface area (Å²) in [5.74, 6) is 0.412. The second kappa shape index (κ2) is 4.29. The molecule has 1 heterocycles. The molecule has 0 saturated carbocycles. The van der Waals surface area contributed by atoms with Gasteiger partial charge in [-0.3, -0.25) is 0 Å². The highest BCUT2D eigenvalue weighted by atomic mass is 16.5. The summed E-state index contributed by atoms with van der Waals surface area (Å²) in [6.07, 6.45) is 0. The van der Waals surface area contributed by atoms with Crippen molar-refractivity contribution in [2.24, 2.45) is 5.73 Å². The molecule has 2 aromatic rings. The van der Waals surface area contributed by atoms with Gasteiger partial charge in [0.05, 0.1) is 18.0 Å². The van der Waals surface area contributed by atoms with Crippen LogP contribution in [0, 0.1) is 0 Å². The Balaban J connectivity index is 2.14. The summed E-state index contributed by atoms with van der Waals surface area (Å²) in [5.41, 5.74) is 6.17. The van der Waals surface area contributed by atoms with E-state index in [-0.39, 0.29) is 13.2 Å². The zero-order chi connectivity index (χ0) is 10.7. The SMILES string of the molecule is NC(CO)COc1noc2ccccc12. The highest BCUT2D eigenvalue weighted by Gasteiger charge is 2.09. The zero-order valence-corrected chi connectivity index (χ0v) is 8.09. The van der Waals surface area contributed by atoms with E-state index in [4.69, 9.17) is 20.1 Å². The van der Waals surface area contributed by atoms with Gasteiger partial charge in [0.1, 0.15) is 6.61 Å². The molecule has 0 aliphatic heterocycles. The number of para-hydroxylation sites is 1. The molecule has 1 atom stereocenters. The zero-order valence-electron chi connectivity index (χ0n) is 8.09. The molecule has 15 heavy (non-hydrogen) atoms. The van der Waals surface area contributed by atoms with E-state index in [2.05, 4.69) is 5.16 Å². The lowest BCUT2D eigenvalue weighted by Gasteiger charge is -2.07. The standard InChI is InChI=1S/C10H12N2O3/c11-7(5-13)6-14-10-8-3-1-2-4-9(8)15-12-10/h1-4,7,13H,5-6,11H2. The van der Waals surface area contributed by atoms with Crippen molar-refractivity contribution in [2.45, 2.75) is 6.04 Å². The molecule has 0 radical (unpaired) electrons. The molecule has 0 aliphatic carbocycles. The Labute approximate surface area is 86.4 Å². The van der Waals surface area contributed by atoms with E-state index >= 15 is 0 Å². The Morgan fingerprint density at radius 2 is 2.27 bits per heavy atom. The molecular weight excluding hydrogens is 196 g/mol. The van der Waals surface area contributed by atoms with Crippen molar-refractivity contribution < 1.29 is 14.4 Å². The first-order chi connectivity index (χ1) is 7.31. The van der Waals surface area contributed by atoms with Gasteiger partial charge in [-0.05, 0) is 17.3 Å². The third-order valence-electron chi connectivity index (χ3n) is 2.01. The summed E-state index contributed by atoms with van der Waals surface area (Å²) >= 11 is 0. The number of fused-ring (bicyclic) bond motifs is 1. The number of ether oxygens (including phenoxy) is 1. The molecule has 1 aromatic heterocycles. The van der Waals surface area contributed by atoms with Crippen LogP contribution in [-0.4, -0.2) is 29.5 Å². The first-order valence-electron chi connectivity index (χ1n) is 4.65. The van der Waals surface area contributed by atoms with Gasteiger partial charge in [0, 0.05) is 0 Å². The smallest absolute Gasteiger partial charge is 0.262 e. The van der Waals surface area contributed by atoms with Gasteiger partial charge in [0.15, 0.2) is 5.58 Å². The molecule has 0 bridgehead atoms. The normalized spacial score (nSPS) is 12.9. The van der Waals surface area contributed by atoms with Crippen LogP contribution >= 0.6 is 0 Å². The number of hydrogen-bond donors (Lipinski definition) is 2. The number of aromatic nitrogens is 1. The van der Waals surface area contributed by atoms with Gasteiger partial charge < -0.3 is 20.1 Å². The summed E-state index contributed by atoms with van der Waals surface area (Å²) in [6, 6.07) is 6.99. The molecule has 1 aromatic carbocycles. The van der Waals surface area contributed by atoms with Crippen molar-refractivity contribution in [2.75, 3.05) is 13.2 Å². The Kier molecular flexibility index (Phi) is 2.84. The van der Waals surface area contributed by atoms with Crippen molar-refractivity contribution in [3.05, 3.63) is 24.3 Å². The van der Waals surface area contributed by atoms with E-state index in [0.29, 0.717) is 11.5 Å². The summed E-state index contributed by atoms with van der Waals surface area (Å²) in [5, 5.41) is 13.3. The minimum Gasteiger partial charge on any atom is -0.473 e. The van der Waals surface area contributed by atoms with E-state index in [9.17, 15) is 0 Å². The fourth-order valence-corrected chi connectivity index (χ4v) is 1.21. The largest absolute Gasteiger partial charge is 0.473 e. The first-order valence-corrected chi connectivity index (χ1v) is 4.65. The Morgan fingerprint density at radius 1 is 1.47 bits per heavy atom. The molecule has 1 unspecified atom stereocenters. The van der Waals surface area contributed by atoms with Gasteiger partial charge in [-0.1, -0.05) is 12.1 Å². The molecule has 0 amide bonds. The van der Waals surface area contributed by atoms with Crippen molar-refractivity contribution >= 4 is 11.0 Å². The van der Waals surface area contributed by atoms with Crippen molar-refractivity contribution in [1.82, 2.24) is 5.16 Å². The fraction of sp³-hybridized carbons (Fsp3) is 0.300. The first kappa shape index (κ1) is 9.95. The Morgan fingerprint density at radius 3 is 3.07 bits per heavy atom. The lowest BCUT2D eigenvalue weighted by molar-refractivity contribution is 0.198. The quantitative estimate of drug-likeness (QED) is 0.765. The van der Waals surface area contributed by atoms with Crippen LogP contribution in [0.4, 0.5) is 0 Å². The third-order valence-corrected chi connectivity index (χ3v) is 2.01. The lowest BCUT2D eigenvalue weighted by atomic mass is 10.3. The van der Waals surface area contributed by atoms with Crippen LogP contribution in [-0.2, 0) is 0 Å². The van der Waals surface area contributed by atoms with Crippen molar-refractivity contribution in [1.29, 1.82) is 0 Å². The second-order valence-electron chi connectivity index (χ2n) is 3.24. The minimum absolute atomic E-state index is 0.115. The third kappa shape index (κ3) is 2.08. The Hall–Kier alpha value is -1.59. The summed E-state index contributed by atoms with van der Waals surface area (Å²) in [4.78, 5) is 0. The van der Waals surface area contributed by atoms with Crippen LogP contribution in [0.1, 0.15) is 0 Å². The molecule has 5 heteroatoms. The maximum Gasteiger partial charge on any atom is 0.262 e. The van der Waals surface area contributed by atoms with Crippen LogP contribution in [0.25, 0.3) is 11.0 Å². The molecule has 2 rings (SSSR count). The molecular formula is C10H12N2O3. The summed E-state index contributed by atoms with van der Waals surface area (Å²) in [7, 11) is 0. The topological polar surface area (TPSA) is 81.5 Å². The van der Waals surface area contributed by atoms with E-state index in [1.807, 2.05) is 18.2 Å². The highest BCUT2D eigenvalue weighted by Crippen LogP contribution is 2.23. The fourth-order valence-electron chi connectivity index (χ4n) is 1.21. The number of nitrogens with two attached hydrogens (primary N) is 1. The molecule has 5 nitrogen and oxygen atoms in total. The average molecular weight is 208 g/mol. The monoisotopic (exact) mass is 208 g/mol. The molecule has 3 N–H and O–H groups in total. The van der Waals surface area contributed by atoms with Crippen LogP contribution in [0.2, 0.25) is 0 Å². The van der Waals surface area contributed by atoms with Crippen LogP contribution in [0.5, 0.6) is 5.88 Å². The van der Waals surface area contributed by atoms with Gasteiger partial charge in [-0.2, -0.15) is 0 Å². The molecule has 0 saturated heterocycles. The molecule has 0 spiro atoms. The summed E-state index contributed by atoms with van der Waals surface area (Å²) < 4.78 is 10.4. The lowest BCUT2D eigenvalue weighted by Crippen LogP contribution is -2.31. The number of benzene rings is 1. The van der Waals surface area contributed by atoms with E-state index in [0.717, 1.165) is 5.39 Å². The Bertz CT molecular complexity index is 441. The number of hydrogen-bond acceptors (Lipinski definition) is 5. The van der Waals surface area contributed by atoms with Crippen molar-refractivity contribution in [3.63, 3.8) is 0 Å². The predicted molar refractivity (Wildman–Crippen MR) is 54.6 cm³/mol. The van der Waals surface area contributed by atoms with Gasteiger partial charge in [0.2, 0.25) is 0 Å². The van der Waals surface area contributed by atoms with E-state index in [1.54, 1.807) is 6.07 Å². The van der Waals surface area contributed by atoms with E-state index in [1.165, 1.54) is 0 Å². The maximum atomic E-state index is 8.73. The number of aliphatic hydroxyl groups excluding tert-OH is 1. The van der Waals surface area contributed by atoms with Crippen LogP contribution in [0.3, 0.4) is 0 Å².